The zero-order chi connectivity index (χ0) is 32.0. The number of alkyl halides is 3. The van der Waals surface area contributed by atoms with Gasteiger partial charge in [0.15, 0.2) is 0 Å². The van der Waals surface area contributed by atoms with E-state index in [0.29, 0.717) is 61.0 Å². The van der Waals surface area contributed by atoms with E-state index in [9.17, 15) is 22.8 Å². The fraction of sp³-hybridized carbons (Fsp3) is 0.394. The molecule has 0 unspecified atom stereocenters. The first-order valence-electron chi connectivity index (χ1n) is 15.1. The predicted octanol–water partition coefficient (Wildman–Crippen LogP) is 4.84. The fourth-order valence-corrected chi connectivity index (χ4v) is 5.54. The summed E-state index contributed by atoms with van der Waals surface area (Å²) in [6, 6.07) is 17.3. The largest absolute Gasteiger partial charge is 0.494 e. The fourth-order valence-electron chi connectivity index (χ4n) is 5.54. The van der Waals surface area contributed by atoms with Crippen LogP contribution in [0.5, 0.6) is 5.75 Å². The molecule has 0 bridgehead atoms. The minimum atomic E-state index is -4.20. The van der Waals surface area contributed by atoms with Gasteiger partial charge in [0, 0.05) is 51.7 Å². The van der Waals surface area contributed by atoms with Crippen LogP contribution in [0.1, 0.15) is 37.7 Å². The summed E-state index contributed by atoms with van der Waals surface area (Å²) in [5.74, 6) is 0.886. The molecule has 0 N–H and O–H groups in total. The lowest BCUT2D eigenvalue weighted by molar-refractivity contribution is -0.139. The molecule has 4 aromatic rings. The van der Waals surface area contributed by atoms with Crippen LogP contribution in [0.15, 0.2) is 77.9 Å². The molecule has 1 aliphatic heterocycles. The Morgan fingerprint density at radius 1 is 1.00 bits per heavy atom. The Bertz CT molecular complexity index is 1640. The number of aromatic nitrogens is 3. The Morgan fingerprint density at radius 3 is 2.38 bits per heavy atom. The Kier molecular flexibility index (Phi) is 10.1. The number of benzene rings is 2. The molecule has 238 valence electrons. The quantitative estimate of drug-likeness (QED) is 0.237. The number of amides is 1. The van der Waals surface area contributed by atoms with Crippen LogP contribution in [0.3, 0.4) is 0 Å². The lowest BCUT2D eigenvalue weighted by Crippen LogP contribution is -2.50. The number of para-hydroxylation sites is 1. The van der Waals surface area contributed by atoms with Crippen molar-refractivity contribution < 1.29 is 22.7 Å². The highest BCUT2D eigenvalue weighted by molar-refractivity contribution is 5.80. The van der Waals surface area contributed by atoms with Crippen molar-refractivity contribution in [3.8, 4) is 11.4 Å². The number of fused-ring (bicyclic) bond motifs is 1. The monoisotopic (exact) mass is 622 g/mol. The molecule has 1 saturated heterocycles. The van der Waals surface area contributed by atoms with Crippen LogP contribution in [0.4, 0.5) is 13.2 Å². The van der Waals surface area contributed by atoms with E-state index >= 15 is 0 Å². The molecule has 45 heavy (non-hydrogen) atoms. The standard InChI is InChI=1S/C33H37F3N6O3/c1-3-45-27-12-10-26(11-13-27)42-31(38-29-9-5-4-8-28(29)32(42)44)24(2)41(22-25-7-6-15-37-21-25)30(43)23-40-19-17-39(18-20-40)16-14-33(34,35)36/h4-13,15,21,24H,3,14,16-20,22-23H2,1-2H3/t24-/m1/s1. The SMILES string of the molecule is CCOc1ccc(-n2c([C@@H](C)N(Cc3cccnc3)C(=O)CN3CCN(CCC(F)(F)F)CC3)nc3ccccc3c2=O)cc1. The van der Waals surface area contributed by atoms with Gasteiger partial charge in [-0.25, -0.2) is 4.98 Å². The van der Waals surface area contributed by atoms with Crippen LogP contribution in [0.2, 0.25) is 0 Å². The average molecular weight is 623 g/mol. The number of piperazine rings is 1. The number of hydrogen-bond acceptors (Lipinski definition) is 7. The van der Waals surface area contributed by atoms with Gasteiger partial charge in [0.05, 0.1) is 42.2 Å². The summed E-state index contributed by atoms with van der Waals surface area (Å²) < 4.78 is 45.3. The number of pyridine rings is 1. The Balaban J connectivity index is 1.46. The van der Waals surface area contributed by atoms with Gasteiger partial charge < -0.3 is 14.5 Å². The Morgan fingerprint density at radius 2 is 1.71 bits per heavy atom. The third-order valence-electron chi connectivity index (χ3n) is 7.98. The summed E-state index contributed by atoms with van der Waals surface area (Å²) in [6.45, 7) is 6.37. The first-order valence-corrected chi connectivity index (χ1v) is 15.1. The lowest BCUT2D eigenvalue weighted by Gasteiger charge is -2.37. The number of halogens is 3. The smallest absolute Gasteiger partial charge is 0.390 e. The normalized spacial score (nSPS) is 15.2. The predicted molar refractivity (Wildman–Crippen MR) is 165 cm³/mol. The van der Waals surface area contributed by atoms with Crippen molar-refractivity contribution >= 4 is 16.8 Å². The minimum Gasteiger partial charge on any atom is -0.494 e. The van der Waals surface area contributed by atoms with E-state index in [4.69, 9.17) is 9.72 Å². The first-order chi connectivity index (χ1) is 21.6. The van der Waals surface area contributed by atoms with Crippen LogP contribution < -0.4 is 10.3 Å². The molecule has 0 aliphatic carbocycles. The number of hydrogen-bond donors (Lipinski definition) is 0. The third kappa shape index (κ3) is 8.06. The van der Waals surface area contributed by atoms with Crippen LogP contribution in [0.25, 0.3) is 16.6 Å². The number of carbonyl (C=O) groups is 1. The second-order valence-electron chi connectivity index (χ2n) is 11.1. The molecule has 1 aliphatic rings. The van der Waals surface area contributed by atoms with Crippen molar-refractivity contribution in [3.63, 3.8) is 0 Å². The second-order valence-corrected chi connectivity index (χ2v) is 11.1. The molecule has 3 heterocycles. The van der Waals surface area contributed by atoms with Gasteiger partial charge in [-0.2, -0.15) is 13.2 Å². The first kappa shape index (κ1) is 32.1. The van der Waals surface area contributed by atoms with E-state index in [2.05, 4.69) is 4.98 Å². The lowest BCUT2D eigenvalue weighted by atomic mass is 10.1. The van der Waals surface area contributed by atoms with Crippen LogP contribution in [0, 0.1) is 0 Å². The van der Waals surface area contributed by atoms with E-state index in [1.165, 1.54) is 0 Å². The number of carbonyl (C=O) groups excluding carboxylic acids is 1. The average Bonchev–Trinajstić information content (AvgIpc) is 3.04. The van der Waals surface area contributed by atoms with E-state index in [1.807, 2.05) is 30.9 Å². The van der Waals surface area contributed by atoms with Gasteiger partial charge in [-0.3, -0.25) is 24.0 Å². The van der Waals surface area contributed by atoms with Crippen LogP contribution in [-0.2, 0) is 11.3 Å². The summed E-state index contributed by atoms with van der Waals surface area (Å²) in [5, 5.41) is 0.455. The maximum Gasteiger partial charge on any atom is 0.390 e. The zero-order valence-electron chi connectivity index (χ0n) is 25.4. The minimum absolute atomic E-state index is 0.0494. The van der Waals surface area contributed by atoms with Gasteiger partial charge in [0.2, 0.25) is 5.91 Å². The summed E-state index contributed by atoms with van der Waals surface area (Å²) in [5.41, 5.74) is 1.67. The molecule has 5 rings (SSSR count). The number of ether oxygens (including phenoxy) is 1. The molecular formula is C33H37F3N6O3. The Hall–Kier alpha value is -4.29. The van der Waals surface area contributed by atoms with Gasteiger partial charge in [-0.1, -0.05) is 18.2 Å². The highest BCUT2D eigenvalue weighted by Gasteiger charge is 2.31. The van der Waals surface area contributed by atoms with Crippen molar-refractivity contribution in [1.29, 1.82) is 0 Å². The van der Waals surface area contributed by atoms with Crippen LogP contribution >= 0.6 is 0 Å². The van der Waals surface area contributed by atoms with E-state index < -0.39 is 18.6 Å². The molecule has 1 atom stereocenters. The molecule has 2 aromatic heterocycles. The molecule has 0 spiro atoms. The maximum absolute atomic E-state index is 14.1. The molecule has 9 nitrogen and oxygen atoms in total. The summed E-state index contributed by atoms with van der Waals surface area (Å²) in [4.78, 5) is 42.6. The Labute approximate surface area is 259 Å². The van der Waals surface area contributed by atoms with Gasteiger partial charge in [-0.15, -0.1) is 0 Å². The van der Waals surface area contributed by atoms with E-state index in [0.717, 1.165) is 5.56 Å². The van der Waals surface area contributed by atoms with Gasteiger partial charge in [-0.05, 0) is 61.9 Å². The van der Waals surface area contributed by atoms with Crippen molar-refractivity contribution in [3.05, 3.63) is 94.8 Å². The summed E-state index contributed by atoms with van der Waals surface area (Å²) in [6.07, 6.45) is -1.69. The molecular weight excluding hydrogens is 585 g/mol. The van der Waals surface area contributed by atoms with Gasteiger partial charge >= 0.3 is 6.18 Å². The zero-order valence-corrected chi connectivity index (χ0v) is 25.4. The van der Waals surface area contributed by atoms with Crippen molar-refractivity contribution in [1.82, 2.24) is 29.2 Å². The third-order valence-corrected chi connectivity index (χ3v) is 7.98. The molecule has 1 fully saturated rings. The summed E-state index contributed by atoms with van der Waals surface area (Å²) in [7, 11) is 0. The molecule has 0 radical (unpaired) electrons. The molecule has 12 heteroatoms. The van der Waals surface area contributed by atoms with Crippen molar-refractivity contribution in [2.24, 2.45) is 0 Å². The highest BCUT2D eigenvalue weighted by Crippen LogP contribution is 2.26. The van der Waals surface area contributed by atoms with Gasteiger partial charge in [0.1, 0.15) is 11.6 Å². The van der Waals surface area contributed by atoms with Crippen molar-refractivity contribution in [2.45, 2.75) is 39.0 Å². The van der Waals surface area contributed by atoms with Gasteiger partial charge in [0.25, 0.3) is 5.56 Å². The second kappa shape index (κ2) is 14.2. The molecule has 1 amide bonds. The molecule has 0 saturated carbocycles. The highest BCUT2D eigenvalue weighted by atomic mass is 19.4. The summed E-state index contributed by atoms with van der Waals surface area (Å²) >= 11 is 0. The van der Waals surface area contributed by atoms with Crippen molar-refractivity contribution in [2.75, 3.05) is 45.9 Å². The van der Waals surface area contributed by atoms with E-state index in [-0.39, 0.29) is 31.1 Å². The van der Waals surface area contributed by atoms with Crippen LogP contribution in [-0.4, -0.2) is 87.2 Å². The topological polar surface area (TPSA) is 83.8 Å². The number of nitrogens with zero attached hydrogens (tertiary/aromatic N) is 6. The maximum atomic E-state index is 14.1. The number of rotatable bonds is 11. The van der Waals surface area contributed by atoms with E-state index in [1.54, 1.807) is 75.3 Å². The molecule has 2 aromatic carbocycles.